The molecule has 2 aromatic rings. The summed E-state index contributed by atoms with van der Waals surface area (Å²) in [7, 11) is 0. The quantitative estimate of drug-likeness (QED) is 0.693. The van der Waals surface area contributed by atoms with E-state index in [2.05, 4.69) is 6.58 Å². The van der Waals surface area contributed by atoms with Crippen LogP contribution in [0.1, 0.15) is 16.7 Å². The summed E-state index contributed by atoms with van der Waals surface area (Å²) in [6.07, 6.45) is 1.57. The van der Waals surface area contributed by atoms with Gasteiger partial charge in [-0.3, -0.25) is 0 Å². The van der Waals surface area contributed by atoms with Gasteiger partial charge in [0.15, 0.2) is 0 Å². The molecule has 0 saturated carbocycles. The zero-order valence-corrected chi connectivity index (χ0v) is 10.1. The SMILES string of the molecule is C=Cc1c(C)ccc(-c2ccc(C)cc2)c1F. The van der Waals surface area contributed by atoms with Crippen LogP contribution in [0.2, 0.25) is 0 Å². The van der Waals surface area contributed by atoms with Crippen LogP contribution < -0.4 is 0 Å². The molecular formula is C16H15F. The van der Waals surface area contributed by atoms with E-state index in [0.717, 1.165) is 11.1 Å². The van der Waals surface area contributed by atoms with Crippen LogP contribution in [-0.2, 0) is 0 Å². The van der Waals surface area contributed by atoms with E-state index in [1.165, 1.54) is 5.56 Å². The molecule has 1 heteroatoms. The molecule has 0 N–H and O–H groups in total. The molecule has 2 rings (SSSR count). The van der Waals surface area contributed by atoms with Crippen molar-refractivity contribution in [1.82, 2.24) is 0 Å². The van der Waals surface area contributed by atoms with E-state index in [1.807, 2.05) is 50.2 Å². The minimum absolute atomic E-state index is 0.191. The summed E-state index contributed by atoms with van der Waals surface area (Å²) in [6.45, 7) is 7.57. The van der Waals surface area contributed by atoms with E-state index >= 15 is 0 Å². The fourth-order valence-electron chi connectivity index (χ4n) is 1.90. The van der Waals surface area contributed by atoms with Crippen molar-refractivity contribution in [3.8, 4) is 11.1 Å². The van der Waals surface area contributed by atoms with Crippen molar-refractivity contribution >= 4 is 6.08 Å². The Kier molecular flexibility index (Phi) is 3.10. The van der Waals surface area contributed by atoms with Crippen LogP contribution >= 0.6 is 0 Å². The molecule has 17 heavy (non-hydrogen) atoms. The Hall–Kier alpha value is -1.89. The Labute approximate surface area is 101 Å². The molecule has 86 valence electrons. The highest BCUT2D eigenvalue weighted by Crippen LogP contribution is 2.27. The lowest BCUT2D eigenvalue weighted by atomic mass is 9.98. The van der Waals surface area contributed by atoms with Crippen molar-refractivity contribution < 1.29 is 4.39 Å². The molecule has 0 bridgehead atoms. The molecule has 0 saturated heterocycles. The fourth-order valence-corrected chi connectivity index (χ4v) is 1.90. The molecule has 0 amide bonds. The van der Waals surface area contributed by atoms with Gasteiger partial charge in [0, 0.05) is 11.1 Å². The highest BCUT2D eigenvalue weighted by atomic mass is 19.1. The highest BCUT2D eigenvalue weighted by Gasteiger charge is 2.10. The molecule has 0 aromatic heterocycles. The van der Waals surface area contributed by atoms with Gasteiger partial charge >= 0.3 is 0 Å². The van der Waals surface area contributed by atoms with Crippen molar-refractivity contribution in [1.29, 1.82) is 0 Å². The van der Waals surface area contributed by atoms with Crippen molar-refractivity contribution in [2.45, 2.75) is 13.8 Å². The molecule has 0 aliphatic rings. The minimum Gasteiger partial charge on any atom is -0.206 e. The fraction of sp³-hybridized carbons (Fsp3) is 0.125. The van der Waals surface area contributed by atoms with Crippen molar-refractivity contribution in [2.24, 2.45) is 0 Å². The topological polar surface area (TPSA) is 0 Å². The third-order valence-corrected chi connectivity index (χ3v) is 2.96. The van der Waals surface area contributed by atoms with E-state index in [0.29, 0.717) is 11.1 Å². The Morgan fingerprint density at radius 2 is 1.65 bits per heavy atom. The average molecular weight is 226 g/mol. The Balaban J connectivity index is 2.60. The number of rotatable bonds is 2. The summed E-state index contributed by atoms with van der Waals surface area (Å²) in [5, 5.41) is 0. The van der Waals surface area contributed by atoms with E-state index in [-0.39, 0.29) is 5.82 Å². The molecule has 0 aliphatic carbocycles. The maximum atomic E-state index is 14.2. The maximum Gasteiger partial charge on any atom is 0.138 e. The molecule has 0 heterocycles. The predicted molar refractivity (Wildman–Crippen MR) is 71.4 cm³/mol. The maximum absolute atomic E-state index is 14.2. The first kappa shape index (κ1) is 11.6. The molecule has 0 atom stereocenters. The van der Waals surface area contributed by atoms with Gasteiger partial charge in [-0.1, -0.05) is 54.6 Å². The van der Waals surface area contributed by atoms with E-state index in [9.17, 15) is 4.39 Å². The van der Waals surface area contributed by atoms with Gasteiger partial charge in [0.05, 0.1) is 0 Å². The first-order chi connectivity index (χ1) is 8.13. The standard InChI is InChI=1S/C16H15F/c1-4-14-12(3)7-10-15(16(14)17)13-8-5-11(2)6-9-13/h4-10H,1H2,2-3H3. The molecular weight excluding hydrogens is 211 g/mol. The molecule has 0 spiro atoms. The van der Waals surface area contributed by atoms with Gasteiger partial charge in [0.25, 0.3) is 0 Å². The lowest BCUT2D eigenvalue weighted by Gasteiger charge is -2.09. The zero-order chi connectivity index (χ0) is 12.4. The monoisotopic (exact) mass is 226 g/mol. The second-order valence-corrected chi connectivity index (χ2v) is 4.23. The van der Waals surface area contributed by atoms with Gasteiger partial charge in [-0.05, 0) is 25.0 Å². The summed E-state index contributed by atoms with van der Waals surface area (Å²) < 4.78 is 14.2. The smallest absolute Gasteiger partial charge is 0.138 e. The number of hydrogen-bond donors (Lipinski definition) is 0. The number of halogens is 1. The van der Waals surface area contributed by atoms with Crippen LogP contribution in [-0.4, -0.2) is 0 Å². The predicted octanol–water partition coefficient (Wildman–Crippen LogP) is 4.75. The van der Waals surface area contributed by atoms with Crippen LogP contribution in [0.3, 0.4) is 0 Å². The Morgan fingerprint density at radius 3 is 2.24 bits per heavy atom. The van der Waals surface area contributed by atoms with Gasteiger partial charge in [-0.2, -0.15) is 0 Å². The lowest BCUT2D eigenvalue weighted by Crippen LogP contribution is -1.92. The molecule has 0 unspecified atom stereocenters. The normalized spacial score (nSPS) is 10.3. The van der Waals surface area contributed by atoms with Crippen molar-refractivity contribution in [3.63, 3.8) is 0 Å². The molecule has 2 aromatic carbocycles. The lowest BCUT2D eigenvalue weighted by molar-refractivity contribution is 0.627. The molecule has 0 fully saturated rings. The average Bonchev–Trinajstić information content (AvgIpc) is 2.31. The summed E-state index contributed by atoms with van der Waals surface area (Å²) >= 11 is 0. The molecule has 0 nitrogen and oxygen atoms in total. The van der Waals surface area contributed by atoms with E-state index in [4.69, 9.17) is 0 Å². The number of aryl methyl sites for hydroxylation is 2. The van der Waals surface area contributed by atoms with Crippen molar-refractivity contribution in [3.05, 3.63) is 65.5 Å². The largest absolute Gasteiger partial charge is 0.206 e. The number of hydrogen-bond acceptors (Lipinski definition) is 0. The summed E-state index contributed by atoms with van der Waals surface area (Å²) in [4.78, 5) is 0. The van der Waals surface area contributed by atoms with E-state index in [1.54, 1.807) is 6.08 Å². The van der Waals surface area contributed by atoms with Gasteiger partial charge in [0.2, 0.25) is 0 Å². The van der Waals surface area contributed by atoms with Gasteiger partial charge < -0.3 is 0 Å². The second-order valence-electron chi connectivity index (χ2n) is 4.23. The Bertz CT molecular complexity index is 550. The van der Waals surface area contributed by atoms with Crippen LogP contribution in [0.25, 0.3) is 17.2 Å². The van der Waals surface area contributed by atoms with Crippen LogP contribution in [0.5, 0.6) is 0 Å². The minimum atomic E-state index is -0.191. The van der Waals surface area contributed by atoms with Crippen molar-refractivity contribution in [2.75, 3.05) is 0 Å². The summed E-state index contributed by atoms with van der Waals surface area (Å²) in [5.74, 6) is -0.191. The number of benzene rings is 2. The second kappa shape index (κ2) is 4.54. The summed E-state index contributed by atoms with van der Waals surface area (Å²) in [6, 6.07) is 11.6. The highest BCUT2D eigenvalue weighted by molar-refractivity contribution is 5.69. The van der Waals surface area contributed by atoms with Crippen LogP contribution in [0.15, 0.2) is 43.0 Å². The third-order valence-electron chi connectivity index (χ3n) is 2.96. The summed E-state index contributed by atoms with van der Waals surface area (Å²) in [5.41, 5.74) is 4.20. The van der Waals surface area contributed by atoms with Gasteiger partial charge in [-0.25, -0.2) is 4.39 Å². The Morgan fingerprint density at radius 1 is 1.00 bits per heavy atom. The van der Waals surface area contributed by atoms with Crippen LogP contribution in [0, 0.1) is 19.7 Å². The van der Waals surface area contributed by atoms with Gasteiger partial charge in [0.1, 0.15) is 5.82 Å². The van der Waals surface area contributed by atoms with E-state index < -0.39 is 0 Å². The zero-order valence-electron chi connectivity index (χ0n) is 10.1. The molecule has 0 aliphatic heterocycles. The van der Waals surface area contributed by atoms with Crippen LogP contribution in [0.4, 0.5) is 4.39 Å². The third kappa shape index (κ3) is 2.14. The van der Waals surface area contributed by atoms with Gasteiger partial charge in [-0.15, -0.1) is 0 Å². The first-order valence-corrected chi connectivity index (χ1v) is 5.62. The molecule has 0 radical (unpaired) electrons. The first-order valence-electron chi connectivity index (χ1n) is 5.62.